The quantitative estimate of drug-likeness (QED) is 0.765. The standard InChI is InChI=1S/C13H24N2O/c1-10(9-11-6-7-11)15-13(16)12-5-3-2-4-8-14-12/h10-12,14H,2-9H2,1H3,(H,15,16). The average molecular weight is 224 g/mol. The van der Waals surface area contributed by atoms with Gasteiger partial charge in [0.15, 0.2) is 0 Å². The molecule has 2 unspecified atom stereocenters. The Morgan fingerprint density at radius 3 is 2.88 bits per heavy atom. The van der Waals surface area contributed by atoms with Crippen LogP contribution in [-0.4, -0.2) is 24.5 Å². The van der Waals surface area contributed by atoms with Crippen molar-refractivity contribution in [3.63, 3.8) is 0 Å². The highest BCUT2D eigenvalue weighted by Crippen LogP contribution is 2.33. The zero-order chi connectivity index (χ0) is 11.4. The minimum Gasteiger partial charge on any atom is -0.352 e. The minimum absolute atomic E-state index is 0.0594. The van der Waals surface area contributed by atoms with Gasteiger partial charge in [-0.2, -0.15) is 0 Å². The summed E-state index contributed by atoms with van der Waals surface area (Å²) in [6.07, 6.45) is 8.54. The van der Waals surface area contributed by atoms with Gasteiger partial charge in [-0.1, -0.05) is 25.7 Å². The first-order valence-electron chi connectivity index (χ1n) is 6.79. The van der Waals surface area contributed by atoms with Crippen LogP contribution in [0.4, 0.5) is 0 Å². The summed E-state index contributed by atoms with van der Waals surface area (Å²) in [5, 5.41) is 6.49. The molecule has 1 heterocycles. The molecule has 92 valence electrons. The van der Waals surface area contributed by atoms with Gasteiger partial charge in [-0.25, -0.2) is 0 Å². The second-order valence-corrected chi connectivity index (χ2v) is 5.44. The van der Waals surface area contributed by atoms with E-state index in [9.17, 15) is 4.79 Å². The molecule has 2 fully saturated rings. The largest absolute Gasteiger partial charge is 0.352 e. The number of hydrogen-bond acceptors (Lipinski definition) is 2. The third-order valence-electron chi connectivity index (χ3n) is 3.65. The van der Waals surface area contributed by atoms with Crippen molar-refractivity contribution in [1.82, 2.24) is 10.6 Å². The molecule has 0 radical (unpaired) electrons. The molecule has 0 aromatic heterocycles. The van der Waals surface area contributed by atoms with E-state index in [0.29, 0.717) is 6.04 Å². The van der Waals surface area contributed by atoms with Gasteiger partial charge >= 0.3 is 0 Å². The van der Waals surface area contributed by atoms with Gasteiger partial charge in [-0.15, -0.1) is 0 Å². The van der Waals surface area contributed by atoms with E-state index < -0.39 is 0 Å². The Morgan fingerprint density at radius 2 is 2.12 bits per heavy atom. The molecule has 1 saturated heterocycles. The highest BCUT2D eigenvalue weighted by Gasteiger charge is 2.26. The van der Waals surface area contributed by atoms with Crippen LogP contribution >= 0.6 is 0 Å². The van der Waals surface area contributed by atoms with Crippen LogP contribution in [0.25, 0.3) is 0 Å². The van der Waals surface area contributed by atoms with Crippen LogP contribution in [0.5, 0.6) is 0 Å². The summed E-state index contributed by atoms with van der Waals surface area (Å²) in [7, 11) is 0. The summed E-state index contributed by atoms with van der Waals surface area (Å²) in [6.45, 7) is 3.13. The zero-order valence-corrected chi connectivity index (χ0v) is 10.3. The van der Waals surface area contributed by atoms with Crippen LogP contribution in [0.15, 0.2) is 0 Å². The highest BCUT2D eigenvalue weighted by atomic mass is 16.2. The number of hydrogen-bond donors (Lipinski definition) is 2. The van der Waals surface area contributed by atoms with Crippen molar-refractivity contribution in [3.8, 4) is 0 Å². The summed E-state index contributed by atoms with van der Waals surface area (Å²) >= 11 is 0. The number of carbonyl (C=O) groups is 1. The molecule has 2 N–H and O–H groups in total. The SMILES string of the molecule is CC(CC1CC1)NC(=O)C1CCCCCN1. The maximum atomic E-state index is 12.0. The minimum atomic E-state index is 0.0594. The lowest BCUT2D eigenvalue weighted by atomic mass is 10.1. The molecule has 1 amide bonds. The first kappa shape index (κ1) is 11.9. The van der Waals surface area contributed by atoms with Gasteiger partial charge in [0, 0.05) is 6.04 Å². The average Bonchev–Trinajstić information content (AvgIpc) is 3.02. The van der Waals surface area contributed by atoms with Gasteiger partial charge < -0.3 is 10.6 Å². The molecule has 0 spiro atoms. The first-order valence-corrected chi connectivity index (χ1v) is 6.79. The Morgan fingerprint density at radius 1 is 1.31 bits per heavy atom. The summed E-state index contributed by atoms with van der Waals surface area (Å²) in [5.41, 5.74) is 0. The fourth-order valence-corrected chi connectivity index (χ4v) is 2.51. The van der Waals surface area contributed by atoms with Crippen LogP contribution in [0, 0.1) is 5.92 Å². The normalized spacial score (nSPS) is 28.2. The molecule has 1 saturated carbocycles. The van der Waals surface area contributed by atoms with Crippen molar-refractivity contribution in [2.75, 3.05) is 6.54 Å². The van der Waals surface area contributed by atoms with Crippen LogP contribution in [0.2, 0.25) is 0 Å². The topological polar surface area (TPSA) is 41.1 Å². The number of amides is 1. The molecule has 1 aliphatic carbocycles. The van der Waals surface area contributed by atoms with E-state index in [-0.39, 0.29) is 11.9 Å². The predicted octanol–water partition coefficient (Wildman–Crippen LogP) is 1.82. The molecule has 2 rings (SSSR count). The van der Waals surface area contributed by atoms with Gasteiger partial charge in [-0.3, -0.25) is 4.79 Å². The van der Waals surface area contributed by atoms with Crippen LogP contribution in [-0.2, 0) is 4.79 Å². The molecule has 2 aliphatic rings. The molecule has 16 heavy (non-hydrogen) atoms. The van der Waals surface area contributed by atoms with E-state index in [0.717, 1.165) is 18.9 Å². The number of nitrogens with one attached hydrogen (secondary N) is 2. The third-order valence-corrected chi connectivity index (χ3v) is 3.65. The lowest BCUT2D eigenvalue weighted by molar-refractivity contribution is -0.123. The van der Waals surface area contributed by atoms with Crippen molar-refractivity contribution in [2.24, 2.45) is 5.92 Å². The van der Waals surface area contributed by atoms with E-state index in [1.807, 2.05) is 0 Å². The molecular formula is C13H24N2O. The Hall–Kier alpha value is -0.570. The van der Waals surface area contributed by atoms with Crippen LogP contribution in [0.3, 0.4) is 0 Å². The molecule has 0 aromatic rings. The molecular weight excluding hydrogens is 200 g/mol. The van der Waals surface area contributed by atoms with Gasteiger partial charge in [0.1, 0.15) is 0 Å². The second kappa shape index (κ2) is 5.67. The fraction of sp³-hybridized carbons (Fsp3) is 0.923. The Kier molecular flexibility index (Phi) is 4.22. The van der Waals surface area contributed by atoms with E-state index in [1.54, 1.807) is 0 Å². The van der Waals surface area contributed by atoms with Crippen molar-refractivity contribution in [2.45, 2.75) is 64.0 Å². The molecule has 0 bridgehead atoms. The first-order chi connectivity index (χ1) is 7.75. The van der Waals surface area contributed by atoms with Crippen molar-refractivity contribution in [1.29, 1.82) is 0 Å². The van der Waals surface area contributed by atoms with Crippen LogP contribution in [0.1, 0.15) is 51.9 Å². The van der Waals surface area contributed by atoms with E-state index in [2.05, 4.69) is 17.6 Å². The zero-order valence-electron chi connectivity index (χ0n) is 10.3. The maximum absolute atomic E-state index is 12.0. The van der Waals surface area contributed by atoms with E-state index in [4.69, 9.17) is 0 Å². The van der Waals surface area contributed by atoms with Crippen molar-refractivity contribution >= 4 is 5.91 Å². The van der Waals surface area contributed by atoms with Crippen molar-refractivity contribution < 1.29 is 4.79 Å². The van der Waals surface area contributed by atoms with Gasteiger partial charge in [0.05, 0.1) is 6.04 Å². The molecule has 0 aromatic carbocycles. The summed E-state index contributed by atoms with van der Waals surface area (Å²) < 4.78 is 0. The molecule has 3 nitrogen and oxygen atoms in total. The molecule has 2 atom stereocenters. The molecule has 1 aliphatic heterocycles. The third kappa shape index (κ3) is 3.78. The second-order valence-electron chi connectivity index (χ2n) is 5.44. The smallest absolute Gasteiger partial charge is 0.237 e. The van der Waals surface area contributed by atoms with E-state index >= 15 is 0 Å². The Labute approximate surface area is 98.4 Å². The van der Waals surface area contributed by atoms with Crippen molar-refractivity contribution in [3.05, 3.63) is 0 Å². The van der Waals surface area contributed by atoms with Gasteiger partial charge in [0.2, 0.25) is 5.91 Å². The predicted molar refractivity (Wildman–Crippen MR) is 65.2 cm³/mol. The molecule has 3 heteroatoms. The Bertz CT molecular complexity index is 230. The lowest BCUT2D eigenvalue weighted by Crippen LogP contribution is -2.46. The lowest BCUT2D eigenvalue weighted by Gasteiger charge is -2.19. The highest BCUT2D eigenvalue weighted by molar-refractivity contribution is 5.82. The maximum Gasteiger partial charge on any atom is 0.237 e. The summed E-state index contributed by atoms with van der Waals surface area (Å²) in [6, 6.07) is 0.411. The van der Waals surface area contributed by atoms with Gasteiger partial charge in [0.25, 0.3) is 0 Å². The number of rotatable bonds is 4. The van der Waals surface area contributed by atoms with Crippen LogP contribution < -0.4 is 10.6 Å². The van der Waals surface area contributed by atoms with E-state index in [1.165, 1.54) is 38.5 Å². The Balaban J connectivity index is 1.71. The monoisotopic (exact) mass is 224 g/mol. The fourth-order valence-electron chi connectivity index (χ4n) is 2.51. The summed E-state index contributed by atoms with van der Waals surface area (Å²) in [5.74, 6) is 1.10. The van der Waals surface area contributed by atoms with Gasteiger partial charge in [-0.05, 0) is 38.6 Å². The number of carbonyl (C=O) groups excluding carboxylic acids is 1. The summed E-state index contributed by atoms with van der Waals surface area (Å²) in [4.78, 5) is 12.0.